The molecule has 3 aromatic rings. The molecule has 1 aliphatic rings. The Kier molecular flexibility index (Phi) is 5.21. The summed E-state index contributed by atoms with van der Waals surface area (Å²) in [6.45, 7) is 4.72. The lowest BCUT2D eigenvalue weighted by Gasteiger charge is -2.19. The maximum absolute atomic E-state index is 12.1. The average molecular weight is 414 g/mol. The van der Waals surface area contributed by atoms with Crippen molar-refractivity contribution in [1.29, 1.82) is 0 Å². The number of rotatable bonds is 4. The van der Waals surface area contributed by atoms with E-state index in [9.17, 15) is 9.59 Å². The maximum Gasteiger partial charge on any atom is 0.325 e. The quantitative estimate of drug-likeness (QED) is 0.622. The molecule has 0 atom stereocenters. The van der Waals surface area contributed by atoms with Gasteiger partial charge in [0.25, 0.3) is 5.78 Å². The number of carbonyl (C=O) groups excluding carboxylic acids is 2. The number of hydrogen-bond acceptors (Lipinski definition) is 8. The second-order valence-corrected chi connectivity index (χ2v) is 7.24. The number of aromatic nitrogens is 4. The number of amides is 3. The van der Waals surface area contributed by atoms with Crippen molar-refractivity contribution in [2.24, 2.45) is 0 Å². The largest absolute Gasteiger partial charge is 0.486 e. The average Bonchev–Trinajstić information content (AvgIpc) is 3.09. The molecule has 0 radical (unpaired) electrons. The number of anilines is 1. The molecule has 1 aliphatic heterocycles. The number of thioether (sulfide) groups is 1. The standard InChI is InChI=1S/C18H18N6O4S/c1-10-7-11(2)24-16(19-10)22-18(23-24)29-9-15(25)21-17(26)20-12-3-4-13-14(8-12)28-6-5-27-13/h3-4,7-8H,5-6,9H2,1-2H3,(H2,20,21,25,26). The Hall–Kier alpha value is -3.34. The molecule has 0 aliphatic carbocycles. The summed E-state index contributed by atoms with van der Waals surface area (Å²) < 4.78 is 12.5. The molecule has 1 aromatic carbocycles. The molecule has 0 fully saturated rings. The Balaban J connectivity index is 1.31. The molecule has 11 heteroatoms. The molecular formula is C18H18N6O4S. The van der Waals surface area contributed by atoms with Crippen molar-refractivity contribution in [2.45, 2.75) is 19.0 Å². The third-order valence-corrected chi connectivity index (χ3v) is 4.82. The zero-order valence-electron chi connectivity index (χ0n) is 15.8. The lowest BCUT2D eigenvalue weighted by Crippen LogP contribution is -2.35. The minimum Gasteiger partial charge on any atom is -0.486 e. The third-order valence-electron chi connectivity index (χ3n) is 3.98. The number of hydrogen-bond donors (Lipinski definition) is 2. The van der Waals surface area contributed by atoms with Crippen molar-refractivity contribution < 1.29 is 19.1 Å². The van der Waals surface area contributed by atoms with Gasteiger partial charge in [-0.15, -0.1) is 5.10 Å². The highest BCUT2D eigenvalue weighted by Crippen LogP contribution is 2.32. The number of fused-ring (bicyclic) bond motifs is 2. The summed E-state index contributed by atoms with van der Waals surface area (Å²) in [4.78, 5) is 32.7. The van der Waals surface area contributed by atoms with Crippen LogP contribution in [0.4, 0.5) is 10.5 Å². The van der Waals surface area contributed by atoms with Gasteiger partial charge in [-0.2, -0.15) is 4.98 Å². The van der Waals surface area contributed by atoms with Gasteiger partial charge in [-0.25, -0.2) is 14.3 Å². The van der Waals surface area contributed by atoms with Crippen LogP contribution in [0.2, 0.25) is 0 Å². The molecule has 0 saturated carbocycles. The van der Waals surface area contributed by atoms with Crippen molar-refractivity contribution >= 4 is 35.2 Å². The number of nitrogens with zero attached hydrogens (tertiary/aromatic N) is 4. The van der Waals surface area contributed by atoms with Gasteiger partial charge in [0.1, 0.15) is 13.2 Å². The fourth-order valence-electron chi connectivity index (χ4n) is 2.79. The lowest BCUT2D eigenvalue weighted by atomic mass is 10.2. The molecule has 0 unspecified atom stereocenters. The van der Waals surface area contributed by atoms with Gasteiger partial charge in [0, 0.05) is 23.1 Å². The van der Waals surface area contributed by atoms with Gasteiger partial charge in [0.15, 0.2) is 11.5 Å². The molecule has 0 saturated heterocycles. The number of urea groups is 1. The predicted octanol–water partition coefficient (Wildman–Crippen LogP) is 1.95. The van der Waals surface area contributed by atoms with Crippen LogP contribution in [-0.2, 0) is 4.79 Å². The van der Waals surface area contributed by atoms with Gasteiger partial charge >= 0.3 is 6.03 Å². The second kappa shape index (κ2) is 7.95. The molecular weight excluding hydrogens is 396 g/mol. The molecule has 150 valence electrons. The zero-order valence-corrected chi connectivity index (χ0v) is 16.6. The molecule has 2 aromatic heterocycles. The number of imide groups is 1. The first kappa shape index (κ1) is 19.0. The van der Waals surface area contributed by atoms with Crippen LogP contribution >= 0.6 is 11.8 Å². The van der Waals surface area contributed by atoms with E-state index in [-0.39, 0.29) is 5.75 Å². The van der Waals surface area contributed by atoms with Crippen LogP contribution in [0.25, 0.3) is 5.78 Å². The van der Waals surface area contributed by atoms with E-state index in [1.54, 1.807) is 22.7 Å². The first-order chi connectivity index (χ1) is 14.0. The van der Waals surface area contributed by atoms with Crippen molar-refractivity contribution in [2.75, 3.05) is 24.3 Å². The van der Waals surface area contributed by atoms with Crippen LogP contribution in [0.3, 0.4) is 0 Å². The van der Waals surface area contributed by atoms with Crippen molar-refractivity contribution in [3.05, 3.63) is 35.7 Å². The fraction of sp³-hybridized carbons (Fsp3) is 0.278. The summed E-state index contributed by atoms with van der Waals surface area (Å²) in [5.74, 6) is 1.16. The van der Waals surface area contributed by atoms with Gasteiger partial charge in [0.05, 0.1) is 5.75 Å². The van der Waals surface area contributed by atoms with E-state index in [4.69, 9.17) is 9.47 Å². The number of carbonyl (C=O) groups is 2. The van der Waals surface area contributed by atoms with E-state index in [1.165, 1.54) is 0 Å². The van der Waals surface area contributed by atoms with E-state index in [0.717, 1.165) is 23.1 Å². The Bertz CT molecular complexity index is 1100. The van der Waals surface area contributed by atoms with Gasteiger partial charge in [0.2, 0.25) is 11.1 Å². The molecule has 3 amide bonds. The molecule has 2 N–H and O–H groups in total. The fourth-order valence-corrected chi connectivity index (χ4v) is 3.40. The van der Waals surface area contributed by atoms with Crippen LogP contribution in [0.5, 0.6) is 11.5 Å². The summed E-state index contributed by atoms with van der Waals surface area (Å²) in [7, 11) is 0. The molecule has 3 heterocycles. The number of benzene rings is 1. The SMILES string of the molecule is Cc1cc(C)n2nc(SCC(=O)NC(=O)Nc3ccc4c(c3)OCCO4)nc2n1. The normalized spacial score (nSPS) is 12.6. The van der Waals surface area contributed by atoms with E-state index < -0.39 is 11.9 Å². The van der Waals surface area contributed by atoms with Crippen molar-refractivity contribution in [1.82, 2.24) is 24.9 Å². The van der Waals surface area contributed by atoms with Crippen LogP contribution in [-0.4, -0.2) is 50.5 Å². The van der Waals surface area contributed by atoms with Crippen molar-refractivity contribution in [3.63, 3.8) is 0 Å². The zero-order chi connectivity index (χ0) is 20.4. The summed E-state index contributed by atoms with van der Waals surface area (Å²) in [6, 6.07) is 6.28. The van der Waals surface area contributed by atoms with Gasteiger partial charge in [-0.1, -0.05) is 11.8 Å². The summed E-state index contributed by atoms with van der Waals surface area (Å²) in [5.41, 5.74) is 2.23. The van der Waals surface area contributed by atoms with Gasteiger partial charge in [-0.3, -0.25) is 10.1 Å². The van der Waals surface area contributed by atoms with Gasteiger partial charge in [-0.05, 0) is 32.0 Å². The van der Waals surface area contributed by atoms with Crippen LogP contribution < -0.4 is 20.1 Å². The number of aryl methyl sites for hydroxylation is 2. The predicted molar refractivity (Wildman–Crippen MR) is 106 cm³/mol. The second-order valence-electron chi connectivity index (χ2n) is 6.29. The summed E-state index contributed by atoms with van der Waals surface area (Å²) >= 11 is 1.12. The van der Waals surface area contributed by atoms with Crippen molar-refractivity contribution in [3.8, 4) is 11.5 Å². The smallest absolute Gasteiger partial charge is 0.325 e. The topological polar surface area (TPSA) is 120 Å². The highest BCUT2D eigenvalue weighted by atomic mass is 32.2. The van der Waals surface area contributed by atoms with E-state index in [2.05, 4.69) is 25.7 Å². The first-order valence-corrected chi connectivity index (χ1v) is 9.81. The number of ether oxygens (including phenoxy) is 2. The minimum atomic E-state index is -0.636. The molecule has 10 nitrogen and oxygen atoms in total. The Morgan fingerprint density at radius 1 is 1.14 bits per heavy atom. The maximum atomic E-state index is 12.1. The van der Waals surface area contributed by atoms with E-state index >= 15 is 0 Å². The highest BCUT2D eigenvalue weighted by Gasteiger charge is 2.15. The van der Waals surface area contributed by atoms with Gasteiger partial charge < -0.3 is 14.8 Å². The highest BCUT2D eigenvalue weighted by molar-refractivity contribution is 7.99. The minimum absolute atomic E-state index is 0.0104. The van der Waals surface area contributed by atoms with Crippen LogP contribution in [0.15, 0.2) is 29.4 Å². The monoisotopic (exact) mass is 414 g/mol. The summed E-state index contributed by atoms with van der Waals surface area (Å²) in [6.07, 6.45) is 0. The Morgan fingerprint density at radius 2 is 1.93 bits per heavy atom. The van der Waals surface area contributed by atoms with E-state index in [1.807, 2.05) is 19.9 Å². The molecule has 0 bridgehead atoms. The molecule has 4 rings (SSSR count). The van der Waals surface area contributed by atoms with Crippen LogP contribution in [0.1, 0.15) is 11.4 Å². The number of nitrogens with one attached hydrogen (secondary N) is 2. The van der Waals surface area contributed by atoms with Crippen LogP contribution in [0, 0.1) is 13.8 Å². The first-order valence-electron chi connectivity index (χ1n) is 8.82. The Labute approximate surface area is 170 Å². The molecule has 0 spiro atoms. The lowest BCUT2D eigenvalue weighted by molar-refractivity contribution is -0.117. The molecule has 29 heavy (non-hydrogen) atoms. The third kappa shape index (κ3) is 4.40. The summed E-state index contributed by atoms with van der Waals surface area (Å²) in [5, 5.41) is 9.59. The Morgan fingerprint density at radius 3 is 2.76 bits per heavy atom. The van der Waals surface area contributed by atoms with E-state index in [0.29, 0.717) is 41.3 Å².